The standard InChI is InChI=1S/C35H48F3N5O3/c1-22(2)43-29(16-18-39-43)32(44)41-31(30(24-10-6-4-7-11-24)25-12-8-5-9-13-25)33(45)40-28-15-14-26(20-27(28)36)23(3)34(46)42-19-17-35(37,38)21-42/h14-16,18,20,22-25,30-31H,4-13,17,19,21H2,1-3H3,(H,40,45)(H,41,44). The highest BCUT2D eigenvalue weighted by atomic mass is 19.3. The first-order valence-corrected chi connectivity index (χ1v) is 17.1. The third-order valence-corrected chi connectivity index (χ3v) is 10.3. The van der Waals surface area contributed by atoms with Crippen molar-refractivity contribution in [1.29, 1.82) is 0 Å². The van der Waals surface area contributed by atoms with Gasteiger partial charge in [0.15, 0.2) is 0 Å². The summed E-state index contributed by atoms with van der Waals surface area (Å²) in [5, 5.41) is 10.2. The van der Waals surface area contributed by atoms with E-state index in [0.29, 0.717) is 11.3 Å². The monoisotopic (exact) mass is 643 g/mol. The molecule has 1 saturated heterocycles. The second-order valence-corrected chi connectivity index (χ2v) is 13.9. The van der Waals surface area contributed by atoms with Crippen LogP contribution in [0.1, 0.15) is 119 Å². The number of nitrogens with zero attached hydrogens (tertiary/aromatic N) is 3. The fourth-order valence-electron chi connectivity index (χ4n) is 7.88. The van der Waals surface area contributed by atoms with Crippen molar-refractivity contribution in [3.8, 4) is 0 Å². The Balaban J connectivity index is 1.40. The van der Waals surface area contributed by atoms with Crippen molar-refractivity contribution in [2.45, 2.75) is 115 Å². The fourth-order valence-corrected chi connectivity index (χ4v) is 7.88. The Bertz CT molecular complexity index is 1370. The smallest absolute Gasteiger partial charge is 0.270 e. The molecule has 1 aromatic heterocycles. The number of hydrogen-bond donors (Lipinski definition) is 2. The van der Waals surface area contributed by atoms with E-state index in [1.165, 1.54) is 12.1 Å². The molecule has 0 spiro atoms. The van der Waals surface area contributed by atoms with Gasteiger partial charge in [-0.3, -0.25) is 19.1 Å². The molecule has 252 valence electrons. The van der Waals surface area contributed by atoms with E-state index in [1.807, 2.05) is 13.8 Å². The molecule has 2 aromatic rings. The van der Waals surface area contributed by atoms with E-state index >= 15 is 4.39 Å². The van der Waals surface area contributed by atoms with Crippen molar-refractivity contribution in [2.75, 3.05) is 18.4 Å². The highest BCUT2D eigenvalue weighted by molar-refractivity contribution is 6.01. The predicted molar refractivity (Wildman–Crippen MR) is 170 cm³/mol. The molecule has 3 fully saturated rings. The molecule has 2 unspecified atom stereocenters. The van der Waals surface area contributed by atoms with Crippen molar-refractivity contribution in [1.82, 2.24) is 20.0 Å². The fraction of sp³-hybridized carbons (Fsp3) is 0.657. The second kappa shape index (κ2) is 14.6. The lowest BCUT2D eigenvalue weighted by Gasteiger charge is -2.42. The Labute approximate surface area is 269 Å². The van der Waals surface area contributed by atoms with Crippen LogP contribution in [0.5, 0.6) is 0 Å². The van der Waals surface area contributed by atoms with Crippen molar-refractivity contribution < 1.29 is 27.6 Å². The van der Waals surface area contributed by atoms with Crippen LogP contribution in [0.2, 0.25) is 0 Å². The molecule has 2 saturated carbocycles. The van der Waals surface area contributed by atoms with Crippen LogP contribution in [-0.4, -0.2) is 57.5 Å². The van der Waals surface area contributed by atoms with E-state index < -0.39 is 48.0 Å². The zero-order valence-electron chi connectivity index (χ0n) is 27.2. The average Bonchev–Trinajstić information content (AvgIpc) is 3.69. The van der Waals surface area contributed by atoms with Crippen LogP contribution >= 0.6 is 0 Å². The van der Waals surface area contributed by atoms with Crippen molar-refractivity contribution >= 4 is 23.4 Å². The molecule has 1 aromatic carbocycles. The van der Waals surface area contributed by atoms with Gasteiger partial charge in [0.1, 0.15) is 17.6 Å². The lowest BCUT2D eigenvalue weighted by molar-refractivity contribution is -0.132. The Morgan fingerprint density at radius 1 is 0.935 bits per heavy atom. The van der Waals surface area contributed by atoms with Gasteiger partial charge in [-0.1, -0.05) is 70.3 Å². The Morgan fingerprint density at radius 3 is 2.11 bits per heavy atom. The number of rotatable bonds is 10. The number of carbonyl (C=O) groups is 3. The summed E-state index contributed by atoms with van der Waals surface area (Å²) in [7, 11) is 0. The number of nitrogens with one attached hydrogen (secondary N) is 2. The second-order valence-electron chi connectivity index (χ2n) is 13.9. The summed E-state index contributed by atoms with van der Waals surface area (Å²) in [5.74, 6) is -5.39. The van der Waals surface area contributed by atoms with Crippen LogP contribution in [-0.2, 0) is 9.59 Å². The van der Waals surface area contributed by atoms with E-state index in [-0.39, 0.29) is 42.4 Å². The number of halogens is 3. The molecule has 2 heterocycles. The van der Waals surface area contributed by atoms with E-state index in [2.05, 4.69) is 15.7 Å². The minimum Gasteiger partial charge on any atom is -0.339 e. The van der Waals surface area contributed by atoms with Crippen LogP contribution in [0, 0.1) is 23.6 Å². The van der Waals surface area contributed by atoms with Crippen molar-refractivity contribution in [2.24, 2.45) is 17.8 Å². The van der Waals surface area contributed by atoms with Gasteiger partial charge in [-0.05, 0) is 62.3 Å². The number of aromatic nitrogens is 2. The van der Waals surface area contributed by atoms with Gasteiger partial charge >= 0.3 is 0 Å². The number of alkyl halides is 2. The highest BCUT2D eigenvalue weighted by Crippen LogP contribution is 2.42. The van der Waals surface area contributed by atoms with E-state index in [1.54, 1.807) is 29.9 Å². The topological polar surface area (TPSA) is 96.3 Å². The first-order chi connectivity index (χ1) is 21.9. The lowest BCUT2D eigenvalue weighted by atomic mass is 9.66. The average molecular weight is 644 g/mol. The van der Waals surface area contributed by atoms with Gasteiger partial charge < -0.3 is 15.5 Å². The summed E-state index contributed by atoms with van der Waals surface area (Å²) in [5.41, 5.74) is 0.646. The maximum Gasteiger partial charge on any atom is 0.270 e. The first-order valence-electron chi connectivity index (χ1n) is 17.1. The number of benzene rings is 1. The summed E-state index contributed by atoms with van der Waals surface area (Å²) >= 11 is 0. The summed E-state index contributed by atoms with van der Waals surface area (Å²) in [4.78, 5) is 42.0. The number of hydrogen-bond acceptors (Lipinski definition) is 4. The summed E-state index contributed by atoms with van der Waals surface area (Å²) in [6, 6.07) is 4.84. The summed E-state index contributed by atoms with van der Waals surface area (Å²) in [6.07, 6.45) is 11.8. The van der Waals surface area contributed by atoms with Crippen LogP contribution in [0.15, 0.2) is 30.5 Å². The SMILES string of the molecule is CC(C(=O)N1CCC(F)(F)C1)c1ccc(NC(=O)C(NC(=O)c2ccnn2C(C)C)C(C2CCCCC2)C2CCCCC2)c(F)c1. The van der Waals surface area contributed by atoms with Gasteiger partial charge in [0.05, 0.1) is 18.2 Å². The predicted octanol–water partition coefficient (Wildman–Crippen LogP) is 7.09. The van der Waals surface area contributed by atoms with Crippen LogP contribution in [0.3, 0.4) is 0 Å². The third-order valence-electron chi connectivity index (χ3n) is 10.3. The van der Waals surface area contributed by atoms with Gasteiger partial charge in [0, 0.05) is 25.2 Å². The Kier molecular flexibility index (Phi) is 10.8. The first kappa shape index (κ1) is 34.0. The molecule has 2 aliphatic carbocycles. The number of anilines is 1. The van der Waals surface area contributed by atoms with Gasteiger partial charge in [-0.25, -0.2) is 13.2 Å². The number of likely N-dealkylation sites (tertiary alicyclic amines) is 1. The third kappa shape index (κ3) is 7.77. The normalized spacial score (nSPS) is 20.6. The molecule has 8 nitrogen and oxygen atoms in total. The zero-order chi connectivity index (χ0) is 33.0. The largest absolute Gasteiger partial charge is 0.339 e. The molecular weight excluding hydrogens is 595 g/mol. The van der Waals surface area contributed by atoms with E-state index in [0.717, 1.165) is 69.1 Å². The Morgan fingerprint density at radius 2 is 1.57 bits per heavy atom. The molecule has 5 rings (SSSR count). The maximum absolute atomic E-state index is 15.6. The molecule has 2 atom stereocenters. The molecule has 11 heteroatoms. The van der Waals surface area contributed by atoms with Crippen LogP contribution < -0.4 is 10.6 Å². The molecule has 0 radical (unpaired) electrons. The van der Waals surface area contributed by atoms with Crippen LogP contribution in [0.4, 0.5) is 18.9 Å². The molecule has 3 amide bonds. The van der Waals surface area contributed by atoms with Gasteiger partial charge in [-0.2, -0.15) is 5.10 Å². The van der Waals surface area contributed by atoms with E-state index in [9.17, 15) is 23.2 Å². The van der Waals surface area contributed by atoms with Gasteiger partial charge in [0.2, 0.25) is 11.8 Å². The minimum atomic E-state index is -2.91. The lowest BCUT2D eigenvalue weighted by Crippen LogP contribution is -2.53. The van der Waals surface area contributed by atoms with Crippen molar-refractivity contribution in [3.05, 3.63) is 47.5 Å². The summed E-state index contributed by atoms with van der Waals surface area (Å²) in [6.45, 7) is 4.75. The highest BCUT2D eigenvalue weighted by Gasteiger charge is 2.43. The van der Waals surface area contributed by atoms with Gasteiger partial charge in [-0.15, -0.1) is 0 Å². The molecule has 0 bridgehead atoms. The Hall–Kier alpha value is -3.37. The summed E-state index contributed by atoms with van der Waals surface area (Å²) < 4.78 is 44.6. The molecule has 1 aliphatic heterocycles. The quantitative estimate of drug-likeness (QED) is 0.289. The zero-order valence-corrected chi connectivity index (χ0v) is 27.2. The van der Waals surface area contributed by atoms with Crippen LogP contribution in [0.25, 0.3) is 0 Å². The maximum atomic E-state index is 15.6. The van der Waals surface area contributed by atoms with E-state index in [4.69, 9.17) is 0 Å². The van der Waals surface area contributed by atoms with Crippen molar-refractivity contribution in [3.63, 3.8) is 0 Å². The molecule has 46 heavy (non-hydrogen) atoms. The number of carbonyl (C=O) groups excluding carboxylic acids is 3. The minimum absolute atomic E-state index is 0.0407. The van der Waals surface area contributed by atoms with Gasteiger partial charge in [0.25, 0.3) is 11.8 Å². The molecular formula is C35H48F3N5O3. The molecule has 3 aliphatic rings. The number of amides is 3. The molecule has 2 N–H and O–H groups in total.